The molecule has 0 saturated heterocycles. The average Bonchev–Trinajstić information content (AvgIpc) is 3.16. The maximum atomic E-state index is 13.6. The number of para-hydroxylation sites is 1. The molecule has 1 aromatic heterocycles. The minimum Gasteiger partial charge on any atom is -0.491 e. The number of ketones is 1. The summed E-state index contributed by atoms with van der Waals surface area (Å²) in [6.45, 7) is 10.3. The fraction of sp³-hybridized carbons (Fsp3) is 0.423. The highest BCUT2D eigenvalue weighted by molar-refractivity contribution is 14.1. The highest BCUT2D eigenvalue weighted by Gasteiger charge is 2.23. The van der Waals surface area contributed by atoms with Crippen LogP contribution in [0, 0.1) is 7.14 Å². The fourth-order valence-electron chi connectivity index (χ4n) is 3.83. The Labute approximate surface area is 218 Å². The molecule has 2 aromatic carbocycles. The Morgan fingerprint density at radius 3 is 2.38 bits per heavy atom. The van der Waals surface area contributed by atoms with E-state index < -0.39 is 0 Å². The quantitative estimate of drug-likeness (QED) is 0.116. The van der Waals surface area contributed by atoms with Crippen molar-refractivity contribution in [3.63, 3.8) is 0 Å². The Morgan fingerprint density at radius 2 is 1.72 bits per heavy atom. The highest BCUT2D eigenvalue weighted by Crippen LogP contribution is 2.33. The van der Waals surface area contributed by atoms with Gasteiger partial charge in [-0.25, -0.2) is 0 Å². The van der Waals surface area contributed by atoms with Crippen LogP contribution in [-0.4, -0.2) is 36.9 Å². The molecule has 6 heteroatoms. The number of carbonyl (C=O) groups is 1. The molecule has 0 unspecified atom stereocenters. The highest BCUT2D eigenvalue weighted by atomic mass is 127. The van der Waals surface area contributed by atoms with Crippen LogP contribution in [0.15, 0.2) is 40.8 Å². The van der Waals surface area contributed by atoms with Gasteiger partial charge >= 0.3 is 0 Å². The molecule has 0 aliphatic rings. The number of rotatable bonds is 12. The largest absolute Gasteiger partial charge is 0.491 e. The van der Waals surface area contributed by atoms with Gasteiger partial charge in [-0.1, -0.05) is 45.4 Å². The normalized spacial score (nSPS) is 11.4. The number of unbranched alkanes of at least 4 members (excludes halogenated alkanes) is 1. The molecule has 1 heterocycles. The number of aryl methyl sites for hydroxylation is 1. The van der Waals surface area contributed by atoms with E-state index in [2.05, 4.69) is 70.9 Å². The summed E-state index contributed by atoms with van der Waals surface area (Å²) in [5, 5.41) is 0.894. The smallest absolute Gasteiger partial charge is 0.197 e. The summed E-state index contributed by atoms with van der Waals surface area (Å²) in [7, 11) is 0. The van der Waals surface area contributed by atoms with E-state index >= 15 is 0 Å². The molecule has 0 aliphatic heterocycles. The van der Waals surface area contributed by atoms with Crippen molar-refractivity contribution in [1.82, 2.24) is 4.90 Å². The van der Waals surface area contributed by atoms with Crippen LogP contribution in [0.1, 0.15) is 61.7 Å². The van der Waals surface area contributed by atoms with Crippen molar-refractivity contribution in [3.8, 4) is 5.75 Å². The van der Waals surface area contributed by atoms with Gasteiger partial charge in [0.15, 0.2) is 5.78 Å². The standard InChI is InChI=1S/C26H31I2NO3/c1-4-7-12-23-24(19-11-8-9-13-22(19)32-23)25(30)18-16-20(27)26(21(28)17-18)31-15-10-14-29(5-2)6-3/h8-9,11,13,16-17H,4-7,10,12,14-15H2,1-3H3. The molecule has 0 N–H and O–H groups in total. The van der Waals surface area contributed by atoms with Crippen molar-refractivity contribution < 1.29 is 13.9 Å². The Balaban J connectivity index is 1.82. The number of nitrogens with zero attached hydrogens (tertiary/aromatic N) is 1. The second kappa shape index (κ2) is 12.4. The third kappa shape index (κ3) is 6.05. The number of benzene rings is 2. The van der Waals surface area contributed by atoms with Crippen LogP contribution in [0.25, 0.3) is 11.0 Å². The van der Waals surface area contributed by atoms with Gasteiger partial charge in [-0.3, -0.25) is 4.79 Å². The van der Waals surface area contributed by atoms with Gasteiger partial charge in [0.25, 0.3) is 0 Å². The molecule has 0 aliphatic carbocycles. The lowest BCUT2D eigenvalue weighted by Crippen LogP contribution is -2.25. The predicted octanol–water partition coefficient (Wildman–Crippen LogP) is 7.33. The number of ether oxygens (including phenoxy) is 1. The lowest BCUT2D eigenvalue weighted by molar-refractivity contribution is 0.103. The van der Waals surface area contributed by atoms with E-state index in [4.69, 9.17) is 9.15 Å². The summed E-state index contributed by atoms with van der Waals surface area (Å²) in [6, 6.07) is 11.7. The van der Waals surface area contributed by atoms with Crippen molar-refractivity contribution in [1.29, 1.82) is 0 Å². The van der Waals surface area contributed by atoms with Crippen LogP contribution in [0.3, 0.4) is 0 Å². The lowest BCUT2D eigenvalue weighted by Gasteiger charge is -2.18. The topological polar surface area (TPSA) is 42.7 Å². The number of carbonyl (C=O) groups excluding carboxylic acids is 1. The number of hydrogen-bond donors (Lipinski definition) is 0. The summed E-state index contributed by atoms with van der Waals surface area (Å²) in [5.74, 6) is 1.68. The molecular weight excluding hydrogens is 628 g/mol. The number of hydrogen-bond acceptors (Lipinski definition) is 4. The average molecular weight is 659 g/mol. The molecule has 0 fully saturated rings. The molecule has 3 rings (SSSR count). The van der Waals surface area contributed by atoms with Crippen molar-refractivity contribution in [3.05, 3.63) is 60.4 Å². The summed E-state index contributed by atoms with van der Waals surface area (Å²) in [4.78, 5) is 16.0. The van der Waals surface area contributed by atoms with Crippen molar-refractivity contribution >= 4 is 61.9 Å². The molecule has 32 heavy (non-hydrogen) atoms. The van der Waals surface area contributed by atoms with E-state index in [0.29, 0.717) is 17.7 Å². The van der Waals surface area contributed by atoms with Gasteiger partial charge in [0.05, 0.1) is 19.3 Å². The third-order valence-corrected chi connectivity index (χ3v) is 7.28. The second-order valence-electron chi connectivity index (χ2n) is 7.83. The van der Waals surface area contributed by atoms with E-state index in [1.54, 1.807) is 0 Å². The van der Waals surface area contributed by atoms with Gasteiger partial charge in [-0.15, -0.1) is 0 Å². The van der Waals surface area contributed by atoms with E-state index in [1.807, 2.05) is 36.4 Å². The maximum Gasteiger partial charge on any atom is 0.197 e. The first kappa shape index (κ1) is 25.5. The Bertz CT molecular complexity index is 1030. The molecule has 0 radical (unpaired) electrons. The van der Waals surface area contributed by atoms with Gasteiger partial charge in [0, 0.05) is 23.9 Å². The van der Waals surface area contributed by atoms with Crippen LogP contribution < -0.4 is 4.74 Å². The summed E-state index contributed by atoms with van der Waals surface area (Å²) in [6.07, 6.45) is 3.81. The first-order valence-corrected chi connectivity index (χ1v) is 13.5. The monoisotopic (exact) mass is 659 g/mol. The fourth-order valence-corrected chi connectivity index (χ4v) is 5.91. The molecule has 172 valence electrons. The van der Waals surface area contributed by atoms with E-state index in [1.165, 1.54) is 0 Å². The Hall–Kier alpha value is -1.13. The molecule has 0 bridgehead atoms. The summed E-state index contributed by atoms with van der Waals surface area (Å²) >= 11 is 4.55. The third-order valence-electron chi connectivity index (χ3n) is 5.67. The SMILES string of the molecule is CCCCc1oc2ccccc2c1C(=O)c1cc(I)c(OCCCN(CC)CC)c(I)c1. The van der Waals surface area contributed by atoms with E-state index in [9.17, 15) is 4.79 Å². The summed E-state index contributed by atoms with van der Waals surface area (Å²) < 4.78 is 14.1. The Kier molecular flexibility index (Phi) is 9.85. The number of halogens is 2. The van der Waals surface area contributed by atoms with Gasteiger partial charge in [0.1, 0.15) is 17.1 Å². The van der Waals surface area contributed by atoms with Gasteiger partial charge in [-0.2, -0.15) is 0 Å². The first-order chi connectivity index (χ1) is 15.5. The van der Waals surface area contributed by atoms with Crippen molar-refractivity contribution in [2.75, 3.05) is 26.2 Å². The van der Waals surface area contributed by atoms with E-state index in [0.717, 1.165) is 74.9 Å². The summed E-state index contributed by atoms with van der Waals surface area (Å²) in [5.41, 5.74) is 2.16. The minimum absolute atomic E-state index is 0.0185. The van der Waals surface area contributed by atoms with Crippen LogP contribution in [0.4, 0.5) is 0 Å². The molecule has 0 saturated carbocycles. The number of fused-ring (bicyclic) bond motifs is 1. The number of furan rings is 1. The zero-order valence-electron chi connectivity index (χ0n) is 19.0. The zero-order chi connectivity index (χ0) is 23.1. The molecule has 0 amide bonds. The molecule has 3 aromatic rings. The van der Waals surface area contributed by atoms with Gasteiger partial charge < -0.3 is 14.1 Å². The minimum atomic E-state index is 0.0185. The first-order valence-electron chi connectivity index (χ1n) is 11.4. The second-order valence-corrected chi connectivity index (χ2v) is 10.2. The van der Waals surface area contributed by atoms with Crippen molar-refractivity contribution in [2.24, 2.45) is 0 Å². The molecule has 0 spiro atoms. The molecule has 0 atom stereocenters. The van der Waals surface area contributed by atoms with Gasteiger partial charge in [-0.05, 0) is 89.3 Å². The maximum absolute atomic E-state index is 13.6. The van der Waals surface area contributed by atoms with Crippen LogP contribution in [0.2, 0.25) is 0 Å². The van der Waals surface area contributed by atoms with E-state index in [-0.39, 0.29) is 5.78 Å². The van der Waals surface area contributed by atoms with Crippen LogP contribution in [-0.2, 0) is 6.42 Å². The van der Waals surface area contributed by atoms with Gasteiger partial charge in [0.2, 0.25) is 0 Å². The van der Waals surface area contributed by atoms with Crippen molar-refractivity contribution in [2.45, 2.75) is 46.5 Å². The molecule has 4 nitrogen and oxygen atoms in total. The predicted molar refractivity (Wildman–Crippen MR) is 148 cm³/mol. The van der Waals surface area contributed by atoms with Crippen LogP contribution >= 0.6 is 45.2 Å². The lowest BCUT2D eigenvalue weighted by atomic mass is 9.98. The van der Waals surface area contributed by atoms with Crippen LogP contribution in [0.5, 0.6) is 5.75 Å². The Morgan fingerprint density at radius 1 is 1.03 bits per heavy atom. The zero-order valence-corrected chi connectivity index (χ0v) is 23.4. The molecular formula is C26H31I2NO3.